The maximum atomic E-state index is 13.1. The minimum absolute atomic E-state index is 0.0508. The Kier molecular flexibility index (Phi) is 6.22. The van der Waals surface area contributed by atoms with E-state index in [0.717, 1.165) is 38.3 Å². The van der Waals surface area contributed by atoms with Gasteiger partial charge in [-0.15, -0.1) is 0 Å². The van der Waals surface area contributed by atoms with Crippen molar-refractivity contribution in [2.45, 2.75) is 62.7 Å². The van der Waals surface area contributed by atoms with Crippen LogP contribution in [0.5, 0.6) is 0 Å². The number of likely N-dealkylation sites (N-methyl/N-ethyl adjacent to an activating group) is 1. The van der Waals surface area contributed by atoms with Crippen molar-refractivity contribution in [2.24, 2.45) is 11.8 Å². The van der Waals surface area contributed by atoms with Crippen LogP contribution in [-0.2, 0) is 16.6 Å². The number of H-pyrrole nitrogens is 1. The fourth-order valence-corrected chi connectivity index (χ4v) is 8.57. The fraction of sp³-hybridized carbons (Fsp3) is 0.531. The highest BCUT2D eigenvalue weighted by molar-refractivity contribution is 5.89. The van der Waals surface area contributed by atoms with Crippen LogP contribution in [0.25, 0.3) is 0 Å². The summed E-state index contributed by atoms with van der Waals surface area (Å²) in [6, 6.07) is 13.1. The summed E-state index contributed by atoms with van der Waals surface area (Å²) in [5.74, 6) is 2.87. The van der Waals surface area contributed by atoms with E-state index in [9.17, 15) is 4.79 Å². The molecule has 7 rings (SSSR count). The largest absolute Gasteiger partial charge is 0.368 e. The van der Waals surface area contributed by atoms with Crippen molar-refractivity contribution in [1.82, 2.24) is 20.1 Å². The van der Waals surface area contributed by atoms with E-state index < -0.39 is 0 Å². The van der Waals surface area contributed by atoms with Crippen LogP contribution < -0.4 is 10.2 Å². The third-order valence-electron chi connectivity index (χ3n) is 10.5. The zero-order valence-corrected chi connectivity index (χ0v) is 23.2. The van der Waals surface area contributed by atoms with Crippen LogP contribution in [0.2, 0.25) is 0 Å². The first-order valence-electron chi connectivity index (χ1n) is 14.8. The molecule has 2 fully saturated rings. The standard InChI is InChI=1S/C32H40N6O/c1-32-14-13-24-23-6-4-3-5-21(23)7-9-25(24)30(32)26(27-20-34-36-31(27)32)10-12-29(39)35-28-11-8-22(19-33-28)38-17-15-37(2)16-18-38/h3-6,8,11,19-20,24-26,30H,7,9-10,12-18H2,1-2H3,(H,34,36)(H,33,35,39)/t24?,25?,26-,30?,32+/m1/s1. The molecule has 0 radical (unpaired) electrons. The molecule has 1 amide bonds. The van der Waals surface area contributed by atoms with E-state index in [1.807, 2.05) is 18.5 Å². The average Bonchev–Trinajstić information content (AvgIpc) is 3.53. The van der Waals surface area contributed by atoms with Gasteiger partial charge in [0.1, 0.15) is 5.82 Å². The van der Waals surface area contributed by atoms with E-state index in [4.69, 9.17) is 0 Å². The quantitative estimate of drug-likeness (QED) is 0.486. The molecule has 5 atom stereocenters. The van der Waals surface area contributed by atoms with Gasteiger partial charge in [0.05, 0.1) is 18.1 Å². The summed E-state index contributed by atoms with van der Waals surface area (Å²) in [5.41, 5.74) is 7.04. The molecule has 0 bridgehead atoms. The van der Waals surface area contributed by atoms with Gasteiger partial charge in [-0.25, -0.2) is 4.98 Å². The summed E-state index contributed by atoms with van der Waals surface area (Å²) in [5, 5.41) is 10.9. The van der Waals surface area contributed by atoms with E-state index in [-0.39, 0.29) is 11.3 Å². The van der Waals surface area contributed by atoms with Gasteiger partial charge in [0.2, 0.25) is 5.91 Å². The van der Waals surface area contributed by atoms with Gasteiger partial charge >= 0.3 is 0 Å². The smallest absolute Gasteiger partial charge is 0.225 e. The van der Waals surface area contributed by atoms with Crippen molar-refractivity contribution in [3.05, 3.63) is 71.2 Å². The number of nitrogens with zero attached hydrogens (tertiary/aromatic N) is 4. The van der Waals surface area contributed by atoms with Gasteiger partial charge < -0.3 is 15.1 Å². The number of aromatic nitrogens is 3. The maximum Gasteiger partial charge on any atom is 0.225 e. The molecule has 0 spiro atoms. The first-order chi connectivity index (χ1) is 19.0. The monoisotopic (exact) mass is 524 g/mol. The first-order valence-corrected chi connectivity index (χ1v) is 14.8. The summed E-state index contributed by atoms with van der Waals surface area (Å²) in [6.07, 6.45) is 10.1. The lowest BCUT2D eigenvalue weighted by atomic mass is 9.53. The number of hydrogen-bond donors (Lipinski definition) is 2. The normalized spacial score (nSPS) is 29.7. The van der Waals surface area contributed by atoms with Gasteiger partial charge in [0.25, 0.3) is 0 Å². The molecular weight excluding hydrogens is 484 g/mol. The van der Waals surface area contributed by atoms with E-state index in [1.54, 1.807) is 11.1 Å². The summed E-state index contributed by atoms with van der Waals surface area (Å²) in [4.78, 5) is 22.4. The van der Waals surface area contributed by atoms with E-state index in [0.29, 0.717) is 35.9 Å². The molecule has 3 aliphatic carbocycles. The van der Waals surface area contributed by atoms with Crippen LogP contribution in [-0.4, -0.2) is 59.2 Å². The number of amides is 1. The predicted octanol–water partition coefficient (Wildman–Crippen LogP) is 5.09. The number of anilines is 2. The number of nitrogens with one attached hydrogen (secondary N) is 2. The molecule has 3 heterocycles. The van der Waals surface area contributed by atoms with Crippen molar-refractivity contribution in [1.29, 1.82) is 0 Å². The van der Waals surface area contributed by atoms with Gasteiger partial charge in [0, 0.05) is 43.7 Å². The highest BCUT2D eigenvalue weighted by atomic mass is 16.1. The van der Waals surface area contributed by atoms with Gasteiger partial charge in [-0.2, -0.15) is 5.10 Å². The highest BCUT2D eigenvalue weighted by Gasteiger charge is 2.57. The maximum absolute atomic E-state index is 13.1. The highest BCUT2D eigenvalue weighted by Crippen LogP contribution is 2.64. The van der Waals surface area contributed by atoms with Crippen LogP contribution in [0.4, 0.5) is 11.5 Å². The van der Waals surface area contributed by atoms with Crippen LogP contribution in [0.15, 0.2) is 48.8 Å². The molecule has 3 aromatic rings. The molecular formula is C32H40N6O. The number of carbonyl (C=O) groups excluding carboxylic acids is 1. The zero-order chi connectivity index (χ0) is 26.6. The number of rotatable bonds is 5. The Morgan fingerprint density at radius 2 is 1.92 bits per heavy atom. The zero-order valence-electron chi connectivity index (χ0n) is 23.2. The van der Waals surface area contributed by atoms with Crippen LogP contribution in [0.3, 0.4) is 0 Å². The number of hydrogen-bond acceptors (Lipinski definition) is 5. The van der Waals surface area contributed by atoms with Crippen LogP contribution >= 0.6 is 0 Å². The van der Waals surface area contributed by atoms with Crippen LogP contribution in [0, 0.1) is 11.8 Å². The predicted molar refractivity (Wildman–Crippen MR) is 154 cm³/mol. The van der Waals surface area contributed by atoms with Crippen molar-refractivity contribution < 1.29 is 4.79 Å². The second kappa shape index (κ2) is 9.77. The van der Waals surface area contributed by atoms with Gasteiger partial charge in [-0.05, 0) is 91.6 Å². The molecule has 3 unspecified atom stereocenters. The lowest BCUT2D eigenvalue weighted by molar-refractivity contribution is -0.116. The Morgan fingerprint density at radius 3 is 2.74 bits per heavy atom. The fourth-order valence-electron chi connectivity index (χ4n) is 8.57. The number of benzene rings is 1. The second-order valence-corrected chi connectivity index (χ2v) is 12.6. The van der Waals surface area contributed by atoms with E-state index in [1.165, 1.54) is 36.9 Å². The molecule has 7 heteroatoms. The van der Waals surface area contributed by atoms with Crippen molar-refractivity contribution in [2.75, 3.05) is 43.4 Å². The molecule has 2 N–H and O–H groups in total. The second-order valence-electron chi connectivity index (χ2n) is 12.6. The summed E-state index contributed by atoms with van der Waals surface area (Å²) in [7, 11) is 2.16. The molecule has 1 aromatic carbocycles. The Balaban J connectivity index is 1.05. The van der Waals surface area contributed by atoms with Crippen molar-refractivity contribution in [3.63, 3.8) is 0 Å². The topological polar surface area (TPSA) is 77.1 Å². The molecule has 7 nitrogen and oxygen atoms in total. The average molecular weight is 525 g/mol. The third-order valence-corrected chi connectivity index (χ3v) is 10.5. The van der Waals surface area contributed by atoms with Crippen LogP contribution in [0.1, 0.15) is 73.2 Å². The van der Waals surface area contributed by atoms with Crippen molar-refractivity contribution >= 4 is 17.4 Å². The van der Waals surface area contributed by atoms with Gasteiger partial charge in [0.15, 0.2) is 0 Å². The number of pyridine rings is 1. The molecule has 1 saturated carbocycles. The lowest BCUT2D eigenvalue weighted by Crippen LogP contribution is -2.44. The van der Waals surface area contributed by atoms with E-state index in [2.05, 4.69) is 74.6 Å². The van der Waals surface area contributed by atoms with Gasteiger partial charge in [-0.1, -0.05) is 31.2 Å². The number of aryl methyl sites for hydroxylation is 1. The molecule has 2 aromatic heterocycles. The van der Waals surface area contributed by atoms with Crippen molar-refractivity contribution in [3.8, 4) is 0 Å². The molecule has 1 aliphatic heterocycles. The lowest BCUT2D eigenvalue weighted by Gasteiger charge is -2.50. The number of piperazine rings is 1. The van der Waals surface area contributed by atoms with E-state index >= 15 is 0 Å². The number of fused-ring (bicyclic) bond motifs is 7. The Bertz CT molecular complexity index is 1340. The molecule has 4 aliphatic rings. The van der Waals surface area contributed by atoms with Gasteiger partial charge in [-0.3, -0.25) is 9.89 Å². The summed E-state index contributed by atoms with van der Waals surface area (Å²) in [6.45, 7) is 6.60. The summed E-state index contributed by atoms with van der Waals surface area (Å²) >= 11 is 0. The Morgan fingerprint density at radius 1 is 1.08 bits per heavy atom. The number of carbonyl (C=O) groups is 1. The molecule has 39 heavy (non-hydrogen) atoms. The minimum atomic E-state index is 0.0508. The Hall–Kier alpha value is -3.19. The Labute approximate surface area is 231 Å². The molecule has 1 saturated heterocycles. The first kappa shape index (κ1) is 24.8. The SMILES string of the molecule is CN1CCN(c2ccc(NC(=O)CC[C@@H]3c4cn[nH]c4[C@@]4(C)CCC5c6ccccc6CCC5C34)nc2)CC1. The third kappa shape index (κ3) is 4.26. The summed E-state index contributed by atoms with van der Waals surface area (Å²) < 4.78 is 0. The minimum Gasteiger partial charge on any atom is -0.368 e. The number of aromatic amines is 1. The molecule has 204 valence electrons.